The third-order valence-corrected chi connectivity index (χ3v) is 3.81. The Kier molecular flexibility index (Phi) is 3.35. The van der Waals surface area contributed by atoms with E-state index in [2.05, 4.69) is 14.8 Å². The van der Waals surface area contributed by atoms with Gasteiger partial charge in [-0.25, -0.2) is 4.98 Å². The maximum atomic E-state index is 11.2. The predicted octanol–water partition coefficient (Wildman–Crippen LogP) is -0.299. The van der Waals surface area contributed by atoms with E-state index in [1.807, 2.05) is 0 Å². The summed E-state index contributed by atoms with van der Waals surface area (Å²) in [5.41, 5.74) is 5.81. The highest BCUT2D eigenvalue weighted by Gasteiger charge is 2.29. The number of primary amides is 1. The normalized spacial score (nSPS) is 21.2. The summed E-state index contributed by atoms with van der Waals surface area (Å²) in [5.74, 6) is 0.426. The molecule has 0 saturated carbocycles. The van der Waals surface area contributed by atoms with E-state index in [1.54, 1.807) is 18.3 Å². The zero-order chi connectivity index (χ0) is 13.2. The highest BCUT2D eigenvalue weighted by atomic mass is 16.5. The number of amides is 1. The van der Waals surface area contributed by atoms with Crippen LogP contribution in [0.3, 0.4) is 0 Å². The molecule has 2 fully saturated rings. The van der Waals surface area contributed by atoms with Crippen LogP contribution in [0.2, 0.25) is 0 Å². The van der Waals surface area contributed by atoms with E-state index in [4.69, 9.17) is 10.5 Å². The Labute approximate surface area is 112 Å². The van der Waals surface area contributed by atoms with Gasteiger partial charge in [0, 0.05) is 37.9 Å². The van der Waals surface area contributed by atoms with E-state index >= 15 is 0 Å². The molecule has 3 heterocycles. The molecule has 19 heavy (non-hydrogen) atoms. The molecule has 0 spiro atoms. The van der Waals surface area contributed by atoms with Gasteiger partial charge in [-0.1, -0.05) is 0 Å². The largest absolute Gasteiger partial charge is 0.378 e. The minimum absolute atomic E-state index is 0.408. The number of pyridine rings is 1. The lowest BCUT2D eigenvalue weighted by atomic mass is 10.1. The Hall–Kier alpha value is -1.66. The fourth-order valence-corrected chi connectivity index (χ4v) is 2.49. The number of carbonyl (C=O) groups is 1. The second-order valence-corrected chi connectivity index (χ2v) is 4.98. The molecule has 0 unspecified atom stereocenters. The van der Waals surface area contributed by atoms with Crippen molar-refractivity contribution >= 4 is 11.7 Å². The first-order valence-corrected chi connectivity index (χ1v) is 6.56. The van der Waals surface area contributed by atoms with Gasteiger partial charge >= 0.3 is 0 Å². The lowest BCUT2D eigenvalue weighted by Gasteiger charge is -2.42. The summed E-state index contributed by atoms with van der Waals surface area (Å²) in [4.78, 5) is 20.2. The van der Waals surface area contributed by atoms with Crippen LogP contribution in [0.15, 0.2) is 18.3 Å². The smallest absolute Gasteiger partial charge is 0.248 e. The van der Waals surface area contributed by atoms with Crippen molar-refractivity contribution in [3.63, 3.8) is 0 Å². The molecule has 1 aromatic heterocycles. The standard InChI is InChI=1S/C13H18N4O2/c14-13(18)10-1-2-15-12(7-10)17-5-3-16(4-6-17)11-8-19-9-11/h1-2,7,11H,3-6,8-9H2,(H2,14,18). The molecule has 2 saturated heterocycles. The van der Waals surface area contributed by atoms with Crippen molar-refractivity contribution in [2.75, 3.05) is 44.3 Å². The first-order chi connectivity index (χ1) is 9.24. The maximum Gasteiger partial charge on any atom is 0.248 e. The predicted molar refractivity (Wildman–Crippen MR) is 71.1 cm³/mol. The highest BCUT2D eigenvalue weighted by molar-refractivity contribution is 5.93. The fourth-order valence-electron chi connectivity index (χ4n) is 2.49. The van der Waals surface area contributed by atoms with Crippen molar-refractivity contribution in [2.45, 2.75) is 6.04 Å². The zero-order valence-corrected chi connectivity index (χ0v) is 10.8. The first kappa shape index (κ1) is 12.4. The molecule has 0 bridgehead atoms. The van der Waals surface area contributed by atoms with Crippen LogP contribution in [0.4, 0.5) is 5.82 Å². The molecule has 102 valence electrons. The monoisotopic (exact) mass is 262 g/mol. The average molecular weight is 262 g/mol. The molecule has 0 aliphatic carbocycles. The molecular formula is C13H18N4O2. The summed E-state index contributed by atoms with van der Waals surface area (Å²) in [6.07, 6.45) is 1.64. The van der Waals surface area contributed by atoms with Gasteiger partial charge in [-0.05, 0) is 12.1 Å². The van der Waals surface area contributed by atoms with Crippen LogP contribution in [-0.4, -0.2) is 61.2 Å². The number of hydrogen-bond acceptors (Lipinski definition) is 5. The minimum Gasteiger partial charge on any atom is -0.378 e. The molecule has 2 aliphatic rings. The van der Waals surface area contributed by atoms with E-state index < -0.39 is 5.91 Å². The average Bonchev–Trinajstić information content (AvgIpc) is 2.38. The van der Waals surface area contributed by atoms with Crippen LogP contribution < -0.4 is 10.6 Å². The number of nitrogens with zero attached hydrogens (tertiary/aromatic N) is 3. The van der Waals surface area contributed by atoms with Crippen molar-refractivity contribution < 1.29 is 9.53 Å². The lowest BCUT2D eigenvalue weighted by Crippen LogP contribution is -2.56. The van der Waals surface area contributed by atoms with Crippen molar-refractivity contribution in [1.29, 1.82) is 0 Å². The summed E-state index contributed by atoms with van der Waals surface area (Å²) < 4.78 is 5.22. The third-order valence-electron chi connectivity index (χ3n) is 3.81. The van der Waals surface area contributed by atoms with Gasteiger partial charge in [-0.3, -0.25) is 9.69 Å². The molecule has 2 N–H and O–H groups in total. The minimum atomic E-state index is -0.408. The number of nitrogens with two attached hydrogens (primary N) is 1. The molecule has 2 aliphatic heterocycles. The summed E-state index contributed by atoms with van der Waals surface area (Å²) in [7, 11) is 0. The molecule has 3 rings (SSSR count). The Balaban J connectivity index is 1.64. The van der Waals surface area contributed by atoms with Crippen molar-refractivity contribution in [2.24, 2.45) is 5.73 Å². The van der Waals surface area contributed by atoms with Gasteiger partial charge < -0.3 is 15.4 Å². The van der Waals surface area contributed by atoms with E-state index in [0.717, 1.165) is 45.2 Å². The van der Waals surface area contributed by atoms with Crippen LogP contribution in [0, 0.1) is 0 Å². The number of hydrogen-bond donors (Lipinski definition) is 1. The van der Waals surface area contributed by atoms with E-state index in [9.17, 15) is 4.79 Å². The number of piperazine rings is 1. The summed E-state index contributed by atoms with van der Waals surface area (Å²) in [5, 5.41) is 0. The Bertz CT molecular complexity index is 467. The van der Waals surface area contributed by atoms with Gasteiger partial charge in [0.1, 0.15) is 5.82 Å². The summed E-state index contributed by atoms with van der Waals surface area (Å²) >= 11 is 0. The Morgan fingerprint density at radius 3 is 2.63 bits per heavy atom. The van der Waals surface area contributed by atoms with Crippen LogP contribution >= 0.6 is 0 Å². The number of aromatic nitrogens is 1. The van der Waals surface area contributed by atoms with E-state index in [-0.39, 0.29) is 0 Å². The second-order valence-electron chi connectivity index (χ2n) is 4.98. The number of anilines is 1. The molecule has 0 radical (unpaired) electrons. The molecule has 0 atom stereocenters. The summed E-state index contributed by atoms with van der Waals surface area (Å²) in [6.45, 7) is 5.58. The molecule has 6 heteroatoms. The number of rotatable bonds is 3. The van der Waals surface area contributed by atoms with Gasteiger partial charge in [0.05, 0.1) is 19.3 Å². The van der Waals surface area contributed by atoms with Crippen LogP contribution in [0.25, 0.3) is 0 Å². The van der Waals surface area contributed by atoms with Crippen LogP contribution in [0.5, 0.6) is 0 Å². The van der Waals surface area contributed by atoms with Crippen LogP contribution in [-0.2, 0) is 4.74 Å². The summed E-state index contributed by atoms with van der Waals surface area (Å²) in [6, 6.07) is 4.00. The van der Waals surface area contributed by atoms with Gasteiger partial charge in [-0.15, -0.1) is 0 Å². The van der Waals surface area contributed by atoms with Crippen molar-refractivity contribution in [3.8, 4) is 0 Å². The molecule has 6 nitrogen and oxygen atoms in total. The molecule has 0 aromatic carbocycles. The first-order valence-electron chi connectivity index (χ1n) is 6.56. The quantitative estimate of drug-likeness (QED) is 0.810. The number of carbonyl (C=O) groups excluding carboxylic acids is 1. The SMILES string of the molecule is NC(=O)c1ccnc(N2CCN(C3COC3)CC2)c1. The highest BCUT2D eigenvalue weighted by Crippen LogP contribution is 2.18. The molecule has 1 amide bonds. The third kappa shape index (κ3) is 2.54. The van der Waals surface area contributed by atoms with Crippen LogP contribution in [0.1, 0.15) is 10.4 Å². The van der Waals surface area contributed by atoms with E-state index in [1.165, 1.54) is 0 Å². The second kappa shape index (κ2) is 5.14. The topological polar surface area (TPSA) is 71.7 Å². The number of ether oxygens (including phenoxy) is 1. The Morgan fingerprint density at radius 2 is 2.05 bits per heavy atom. The van der Waals surface area contributed by atoms with Crippen molar-refractivity contribution in [3.05, 3.63) is 23.9 Å². The van der Waals surface area contributed by atoms with Crippen molar-refractivity contribution in [1.82, 2.24) is 9.88 Å². The Morgan fingerprint density at radius 1 is 1.32 bits per heavy atom. The van der Waals surface area contributed by atoms with Gasteiger partial charge in [0.25, 0.3) is 0 Å². The van der Waals surface area contributed by atoms with Gasteiger partial charge in [0.15, 0.2) is 0 Å². The maximum absolute atomic E-state index is 11.2. The van der Waals surface area contributed by atoms with E-state index in [0.29, 0.717) is 11.6 Å². The van der Waals surface area contributed by atoms with Gasteiger partial charge in [-0.2, -0.15) is 0 Å². The zero-order valence-electron chi connectivity index (χ0n) is 10.8. The molecular weight excluding hydrogens is 244 g/mol. The van der Waals surface area contributed by atoms with Gasteiger partial charge in [0.2, 0.25) is 5.91 Å². The fraction of sp³-hybridized carbons (Fsp3) is 0.538. The lowest BCUT2D eigenvalue weighted by molar-refractivity contribution is -0.0661. The molecule has 1 aromatic rings.